The number of hydrogen-bond donors (Lipinski definition) is 1. The van der Waals surface area contributed by atoms with Gasteiger partial charge < -0.3 is 14.6 Å². The molecule has 5 nitrogen and oxygen atoms in total. The van der Waals surface area contributed by atoms with Gasteiger partial charge in [-0.3, -0.25) is 0 Å². The summed E-state index contributed by atoms with van der Waals surface area (Å²) in [5.41, 5.74) is 0.844. The standard InChI is InChI=1S/C14H15NO4S/c1-4-11-15-12(14(16)17)13(20-11)8-5-6-9(18-2)10(7-8)19-3/h5-7H,4H2,1-3H3,(H,16,17). The van der Waals surface area contributed by atoms with Crippen molar-refractivity contribution in [2.24, 2.45) is 0 Å². The number of aromatic nitrogens is 1. The van der Waals surface area contributed by atoms with Gasteiger partial charge in [0.25, 0.3) is 0 Å². The summed E-state index contributed by atoms with van der Waals surface area (Å²) in [6.07, 6.45) is 0.707. The molecule has 0 amide bonds. The van der Waals surface area contributed by atoms with Crippen molar-refractivity contribution in [2.75, 3.05) is 14.2 Å². The molecule has 2 aromatic rings. The Balaban J connectivity index is 2.56. The first-order valence-electron chi connectivity index (χ1n) is 6.06. The van der Waals surface area contributed by atoms with Crippen LogP contribution in [0.3, 0.4) is 0 Å². The summed E-state index contributed by atoms with van der Waals surface area (Å²) in [6, 6.07) is 5.32. The first-order chi connectivity index (χ1) is 9.60. The topological polar surface area (TPSA) is 68.7 Å². The van der Waals surface area contributed by atoms with Crippen LogP contribution in [0.2, 0.25) is 0 Å². The molecule has 0 aliphatic carbocycles. The van der Waals surface area contributed by atoms with Crippen LogP contribution >= 0.6 is 11.3 Å². The van der Waals surface area contributed by atoms with Gasteiger partial charge in [0.05, 0.1) is 24.1 Å². The minimum Gasteiger partial charge on any atom is -0.493 e. The van der Waals surface area contributed by atoms with Crippen molar-refractivity contribution in [1.82, 2.24) is 4.98 Å². The molecule has 0 aliphatic rings. The Morgan fingerprint density at radius 3 is 2.55 bits per heavy atom. The van der Waals surface area contributed by atoms with Crippen molar-refractivity contribution >= 4 is 17.3 Å². The molecule has 0 unspecified atom stereocenters. The Morgan fingerprint density at radius 2 is 2.00 bits per heavy atom. The van der Waals surface area contributed by atoms with Gasteiger partial charge in [-0.1, -0.05) is 6.92 Å². The van der Waals surface area contributed by atoms with E-state index >= 15 is 0 Å². The summed E-state index contributed by atoms with van der Waals surface area (Å²) < 4.78 is 10.4. The van der Waals surface area contributed by atoms with Gasteiger partial charge in [-0.2, -0.15) is 0 Å². The zero-order valence-electron chi connectivity index (χ0n) is 11.5. The Kier molecular flexibility index (Phi) is 4.24. The molecule has 0 radical (unpaired) electrons. The second-order valence-corrected chi connectivity index (χ2v) is 5.10. The first kappa shape index (κ1) is 14.3. The van der Waals surface area contributed by atoms with Crippen molar-refractivity contribution in [1.29, 1.82) is 0 Å². The number of carbonyl (C=O) groups is 1. The van der Waals surface area contributed by atoms with E-state index in [1.54, 1.807) is 32.4 Å². The number of carboxylic acid groups (broad SMARTS) is 1. The molecule has 0 saturated carbocycles. The van der Waals surface area contributed by atoms with E-state index in [1.807, 2.05) is 6.92 Å². The van der Waals surface area contributed by atoms with Crippen LogP contribution in [0.15, 0.2) is 18.2 Å². The lowest BCUT2D eigenvalue weighted by atomic mass is 10.1. The van der Waals surface area contributed by atoms with Crippen molar-refractivity contribution in [2.45, 2.75) is 13.3 Å². The Labute approximate surface area is 120 Å². The fraction of sp³-hybridized carbons (Fsp3) is 0.286. The fourth-order valence-electron chi connectivity index (χ4n) is 1.83. The minimum atomic E-state index is -1.02. The number of ether oxygens (including phenoxy) is 2. The van der Waals surface area contributed by atoms with Gasteiger partial charge in [0, 0.05) is 0 Å². The summed E-state index contributed by atoms with van der Waals surface area (Å²) in [5, 5.41) is 10.0. The quantitative estimate of drug-likeness (QED) is 0.917. The SMILES string of the molecule is CCc1nc(C(=O)O)c(-c2ccc(OC)c(OC)c2)s1. The van der Waals surface area contributed by atoms with Gasteiger partial charge in [-0.25, -0.2) is 9.78 Å². The molecule has 106 valence electrons. The number of nitrogens with zero attached hydrogens (tertiary/aromatic N) is 1. The average Bonchev–Trinajstić information content (AvgIpc) is 2.91. The highest BCUT2D eigenvalue weighted by atomic mass is 32.1. The van der Waals surface area contributed by atoms with Crippen LogP contribution in [0.5, 0.6) is 11.5 Å². The average molecular weight is 293 g/mol. The number of hydrogen-bond acceptors (Lipinski definition) is 5. The third-order valence-electron chi connectivity index (χ3n) is 2.82. The number of benzene rings is 1. The normalized spacial score (nSPS) is 10.3. The largest absolute Gasteiger partial charge is 0.493 e. The van der Waals surface area contributed by atoms with Crippen LogP contribution in [0.1, 0.15) is 22.4 Å². The Morgan fingerprint density at radius 1 is 1.30 bits per heavy atom. The molecular formula is C14H15NO4S. The smallest absolute Gasteiger partial charge is 0.356 e. The zero-order valence-corrected chi connectivity index (χ0v) is 12.3. The maximum atomic E-state index is 11.3. The van der Waals surface area contributed by atoms with E-state index in [-0.39, 0.29) is 5.69 Å². The lowest BCUT2D eigenvalue weighted by Gasteiger charge is -2.08. The van der Waals surface area contributed by atoms with Crippen LogP contribution in [0.25, 0.3) is 10.4 Å². The molecule has 1 N–H and O–H groups in total. The van der Waals surface area contributed by atoms with Gasteiger partial charge in [0.2, 0.25) is 0 Å². The molecular weight excluding hydrogens is 278 g/mol. The van der Waals surface area contributed by atoms with E-state index < -0.39 is 5.97 Å². The van der Waals surface area contributed by atoms with Crippen LogP contribution < -0.4 is 9.47 Å². The second kappa shape index (κ2) is 5.92. The van der Waals surface area contributed by atoms with Crippen LogP contribution in [-0.2, 0) is 6.42 Å². The molecule has 1 heterocycles. The molecule has 1 aromatic carbocycles. The highest BCUT2D eigenvalue weighted by Crippen LogP contribution is 2.36. The summed E-state index contributed by atoms with van der Waals surface area (Å²) >= 11 is 1.39. The van der Waals surface area contributed by atoms with Crippen molar-refractivity contribution in [3.63, 3.8) is 0 Å². The lowest BCUT2D eigenvalue weighted by molar-refractivity contribution is 0.0692. The highest BCUT2D eigenvalue weighted by Gasteiger charge is 2.19. The van der Waals surface area contributed by atoms with Gasteiger partial charge in [-0.05, 0) is 30.2 Å². The number of methoxy groups -OCH3 is 2. The summed E-state index contributed by atoms with van der Waals surface area (Å²) in [4.78, 5) is 16.1. The second-order valence-electron chi connectivity index (χ2n) is 4.01. The number of rotatable bonds is 5. The summed E-state index contributed by atoms with van der Waals surface area (Å²) in [7, 11) is 3.10. The molecule has 0 spiro atoms. The number of aromatic carboxylic acids is 1. The molecule has 1 aromatic heterocycles. The van der Waals surface area contributed by atoms with E-state index in [1.165, 1.54) is 11.3 Å². The lowest BCUT2D eigenvalue weighted by Crippen LogP contribution is -1.99. The zero-order chi connectivity index (χ0) is 14.7. The highest BCUT2D eigenvalue weighted by molar-refractivity contribution is 7.15. The van der Waals surface area contributed by atoms with Crippen LogP contribution in [-0.4, -0.2) is 30.3 Å². The fourth-order valence-corrected chi connectivity index (χ4v) is 2.83. The minimum absolute atomic E-state index is 0.0825. The number of carboxylic acids is 1. The van der Waals surface area contributed by atoms with E-state index in [0.717, 1.165) is 10.6 Å². The molecule has 20 heavy (non-hydrogen) atoms. The molecule has 0 bridgehead atoms. The van der Waals surface area contributed by atoms with Crippen molar-refractivity contribution in [3.8, 4) is 21.9 Å². The molecule has 2 rings (SSSR count). The van der Waals surface area contributed by atoms with E-state index in [2.05, 4.69) is 4.98 Å². The first-order valence-corrected chi connectivity index (χ1v) is 6.87. The van der Waals surface area contributed by atoms with Gasteiger partial charge >= 0.3 is 5.97 Å². The number of aryl methyl sites for hydroxylation is 1. The van der Waals surface area contributed by atoms with E-state index in [0.29, 0.717) is 22.8 Å². The van der Waals surface area contributed by atoms with Crippen LogP contribution in [0, 0.1) is 0 Å². The Hall–Kier alpha value is -2.08. The van der Waals surface area contributed by atoms with Crippen LogP contribution in [0.4, 0.5) is 0 Å². The summed E-state index contributed by atoms with van der Waals surface area (Å²) in [5.74, 6) is 0.145. The Bertz CT molecular complexity index is 636. The molecule has 6 heteroatoms. The van der Waals surface area contributed by atoms with E-state index in [4.69, 9.17) is 9.47 Å². The predicted molar refractivity (Wildman–Crippen MR) is 77.0 cm³/mol. The van der Waals surface area contributed by atoms with Crippen molar-refractivity contribution < 1.29 is 19.4 Å². The third kappa shape index (κ3) is 2.60. The van der Waals surface area contributed by atoms with E-state index in [9.17, 15) is 9.90 Å². The van der Waals surface area contributed by atoms with Crippen molar-refractivity contribution in [3.05, 3.63) is 28.9 Å². The number of thiazole rings is 1. The maximum Gasteiger partial charge on any atom is 0.356 e. The monoisotopic (exact) mass is 293 g/mol. The summed E-state index contributed by atoms with van der Waals surface area (Å²) in [6.45, 7) is 1.95. The maximum absolute atomic E-state index is 11.3. The third-order valence-corrected chi connectivity index (χ3v) is 4.07. The van der Waals surface area contributed by atoms with Gasteiger partial charge in [-0.15, -0.1) is 11.3 Å². The predicted octanol–water partition coefficient (Wildman–Crippen LogP) is 3.09. The van der Waals surface area contributed by atoms with Gasteiger partial charge in [0.1, 0.15) is 0 Å². The molecule has 0 aliphatic heterocycles. The molecule has 0 fully saturated rings. The van der Waals surface area contributed by atoms with Gasteiger partial charge in [0.15, 0.2) is 17.2 Å². The molecule has 0 saturated heterocycles. The molecule has 0 atom stereocenters.